The van der Waals surface area contributed by atoms with Gasteiger partial charge in [-0.05, 0) is 71.9 Å². The molecule has 0 radical (unpaired) electrons. The maximum absolute atomic E-state index is 12.1. The molecule has 0 atom stereocenters. The minimum absolute atomic E-state index is 0.101. The number of amides is 2. The van der Waals surface area contributed by atoms with Gasteiger partial charge in [0.2, 0.25) is 5.96 Å². The fraction of sp³-hybridized carbons (Fsp3) is 0.591. The Kier molecular flexibility index (Phi) is 10.4. The lowest BCUT2D eigenvalue weighted by molar-refractivity contribution is -0.299. The number of hydrogen-bond donors (Lipinski definition) is 3. The van der Waals surface area contributed by atoms with Gasteiger partial charge in [-0.2, -0.15) is 4.89 Å². The fourth-order valence-corrected chi connectivity index (χ4v) is 2.24. The summed E-state index contributed by atoms with van der Waals surface area (Å²) in [7, 11) is 0. The Balaban J connectivity index is 2.73. The van der Waals surface area contributed by atoms with E-state index in [1.165, 1.54) is 0 Å². The van der Waals surface area contributed by atoms with Gasteiger partial charge in [-0.15, -0.1) is 0 Å². The highest BCUT2D eigenvalue weighted by atomic mass is 17.2. The Morgan fingerprint density at radius 2 is 1.45 bits per heavy atom. The van der Waals surface area contributed by atoms with Gasteiger partial charge in [0.1, 0.15) is 11.2 Å². The van der Waals surface area contributed by atoms with Crippen LogP contribution in [0.25, 0.3) is 0 Å². The molecule has 174 valence electrons. The number of nitrogens with zero attached hydrogens (tertiary/aromatic N) is 1. The standard InChI is InChI=1S/C22H35N3O6/c1-21(2,3)29-19(27)24-18(25-20(28)30-31-22(4,5)6)23-14-13-17-11-9-16(10-12-17)8-7-15-26/h9-12,26H,7-8,13-15H2,1-6H3,(H2,23,24,25,27,28). The number of alkyl carbamates (subject to hydrolysis) is 1. The number of hydrogen-bond acceptors (Lipinski definition) is 7. The molecule has 0 aliphatic heterocycles. The first-order chi connectivity index (χ1) is 14.4. The van der Waals surface area contributed by atoms with E-state index in [9.17, 15) is 9.59 Å². The normalized spacial score (nSPS) is 12.3. The topological polar surface area (TPSA) is 118 Å². The van der Waals surface area contributed by atoms with Crippen molar-refractivity contribution in [3.63, 3.8) is 0 Å². The van der Waals surface area contributed by atoms with Crippen LogP contribution in [0.2, 0.25) is 0 Å². The van der Waals surface area contributed by atoms with Gasteiger partial charge in [-0.1, -0.05) is 24.3 Å². The van der Waals surface area contributed by atoms with E-state index in [0.29, 0.717) is 13.0 Å². The van der Waals surface area contributed by atoms with E-state index in [0.717, 1.165) is 24.0 Å². The quantitative estimate of drug-likeness (QED) is 0.260. The van der Waals surface area contributed by atoms with E-state index in [-0.39, 0.29) is 12.6 Å². The van der Waals surface area contributed by atoms with E-state index in [1.807, 2.05) is 24.3 Å². The number of rotatable bonds is 7. The third-order valence-electron chi connectivity index (χ3n) is 3.52. The van der Waals surface area contributed by atoms with Crippen LogP contribution in [-0.4, -0.2) is 47.6 Å². The first-order valence-corrected chi connectivity index (χ1v) is 10.3. The van der Waals surface area contributed by atoms with Gasteiger partial charge < -0.3 is 9.84 Å². The molecule has 0 unspecified atom stereocenters. The van der Waals surface area contributed by atoms with Gasteiger partial charge >= 0.3 is 12.2 Å². The summed E-state index contributed by atoms with van der Waals surface area (Å²) < 4.78 is 5.20. The van der Waals surface area contributed by atoms with Gasteiger partial charge in [0.15, 0.2) is 0 Å². The van der Waals surface area contributed by atoms with Gasteiger partial charge in [0.25, 0.3) is 0 Å². The molecule has 0 saturated carbocycles. The minimum atomic E-state index is -0.919. The average molecular weight is 438 g/mol. The first-order valence-electron chi connectivity index (χ1n) is 10.3. The fourth-order valence-electron chi connectivity index (χ4n) is 2.24. The molecule has 0 aromatic heterocycles. The highest BCUT2D eigenvalue weighted by molar-refractivity contribution is 6.01. The summed E-state index contributed by atoms with van der Waals surface area (Å²) in [5.41, 5.74) is 0.808. The molecule has 0 heterocycles. The molecule has 0 aliphatic rings. The predicted molar refractivity (Wildman–Crippen MR) is 118 cm³/mol. The van der Waals surface area contributed by atoms with Crippen LogP contribution in [0.3, 0.4) is 0 Å². The lowest BCUT2D eigenvalue weighted by Gasteiger charge is -2.20. The highest BCUT2D eigenvalue weighted by Crippen LogP contribution is 2.09. The van der Waals surface area contributed by atoms with Crippen molar-refractivity contribution in [1.82, 2.24) is 10.6 Å². The van der Waals surface area contributed by atoms with Crippen molar-refractivity contribution in [1.29, 1.82) is 0 Å². The Bertz CT molecular complexity index is 733. The Morgan fingerprint density at radius 1 is 0.903 bits per heavy atom. The van der Waals surface area contributed by atoms with Crippen LogP contribution in [0.4, 0.5) is 9.59 Å². The first kappa shape index (κ1) is 26.4. The van der Waals surface area contributed by atoms with Crippen molar-refractivity contribution in [3.05, 3.63) is 35.4 Å². The Morgan fingerprint density at radius 3 is 1.97 bits per heavy atom. The molecule has 9 nitrogen and oxygen atoms in total. The number of carbonyl (C=O) groups is 2. The van der Waals surface area contributed by atoms with Gasteiger partial charge in [-0.3, -0.25) is 20.5 Å². The molecule has 9 heteroatoms. The number of aliphatic imine (C=N–C) groups is 1. The number of ether oxygens (including phenoxy) is 1. The van der Waals surface area contributed by atoms with Crippen LogP contribution in [0, 0.1) is 0 Å². The van der Waals surface area contributed by atoms with Crippen LogP contribution in [0.15, 0.2) is 29.3 Å². The molecular formula is C22H35N3O6. The number of nitrogens with one attached hydrogen (secondary N) is 2. The van der Waals surface area contributed by atoms with Crippen LogP contribution < -0.4 is 10.6 Å². The summed E-state index contributed by atoms with van der Waals surface area (Å²) in [6, 6.07) is 7.99. The molecule has 0 saturated heterocycles. The highest BCUT2D eigenvalue weighted by Gasteiger charge is 2.20. The van der Waals surface area contributed by atoms with Crippen LogP contribution >= 0.6 is 0 Å². The summed E-state index contributed by atoms with van der Waals surface area (Å²) in [6.07, 6.45) is 0.468. The zero-order valence-corrected chi connectivity index (χ0v) is 19.3. The molecule has 0 spiro atoms. The third-order valence-corrected chi connectivity index (χ3v) is 3.52. The van der Waals surface area contributed by atoms with Gasteiger partial charge in [0, 0.05) is 13.2 Å². The largest absolute Gasteiger partial charge is 0.445 e. The monoisotopic (exact) mass is 437 g/mol. The number of carbonyl (C=O) groups excluding carboxylic acids is 2. The number of guanidine groups is 1. The second kappa shape index (κ2) is 12.3. The molecule has 2 amide bonds. The molecule has 0 fully saturated rings. The summed E-state index contributed by atoms with van der Waals surface area (Å²) in [5.74, 6) is -0.101. The van der Waals surface area contributed by atoms with Crippen LogP contribution in [0.5, 0.6) is 0 Å². The molecule has 1 aromatic carbocycles. The molecular weight excluding hydrogens is 402 g/mol. The van der Waals surface area contributed by atoms with E-state index < -0.39 is 23.4 Å². The molecule has 0 aliphatic carbocycles. The second-order valence-electron chi connectivity index (χ2n) is 8.94. The third kappa shape index (κ3) is 13.3. The van der Waals surface area contributed by atoms with E-state index in [1.54, 1.807) is 41.5 Å². The van der Waals surface area contributed by atoms with E-state index in [4.69, 9.17) is 14.7 Å². The van der Waals surface area contributed by atoms with Crippen LogP contribution in [0.1, 0.15) is 59.1 Å². The number of benzene rings is 1. The summed E-state index contributed by atoms with van der Waals surface area (Å²) >= 11 is 0. The number of aliphatic hydroxyl groups is 1. The second-order valence-corrected chi connectivity index (χ2v) is 8.94. The van der Waals surface area contributed by atoms with Gasteiger partial charge in [0.05, 0.1) is 0 Å². The maximum atomic E-state index is 12.1. The van der Waals surface area contributed by atoms with Gasteiger partial charge in [-0.25, -0.2) is 9.59 Å². The van der Waals surface area contributed by atoms with E-state index >= 15 is 0 Å². The lowest BCUT2D eigenvalue weighted by Crippen LogP contribution is -2.46. The number of aliphatic hydroxyl groups excluding tert-OH is 1. The summed E-state index contributed by atoms with van der Waals surface area (Å²) in [5, 5.41) is 13.7. The van der Waals surface area contributed by atoms with Crippen LogP contribution in [-0.2, 0) is 27.4 Å². The molecule has 1 rings (SSSR count). The average Bonchev–Trinajstić information content (AvgIpc) is 2.63. The SMILES string of the molecule is CC(C)(C)OOC(=O)NC(=NCCc1ccc(CCCO)cc1)NC(=O)OC(C)(C)C. The lowest BCUT2D eigenvalue weighted by atomic mass is 10.1. The minimum Gasteiger partial charge on any atom is -0.444 e. The van der Waals surface area contributed by atoms with E-state index in [2.05, 4.69) is 20.5 Å². The molecule has 1 aromatic rings. The molecule has 3 N–H and O–H groups in total. The smallest absolute Gasteiger partial charge is 0.444 e. The Hall–Kier alpha value is -2.65. The predicted octanol–water partition coefficient (Wildman–Crippen LogP) is 3.49. The van der Waals surface area contributed by atoms with Crippen molar-refractivity contribution < 1.29 is 29.2 Å². The molecule has 0 bridgehead atoms. The summed E-state index contributed by atoms with van der Waals surface area (Å²) in [4.78, 5) is 37.9. The maximum Gasteiger partial charge on any atom is 0.445 e. The number of aryl methyl sites for hydroxylation is 1. The zero-order valence-electron chi connectivity index (χ0n) is 19.3. The van der Waals surface area contributed by atoms with Crippen molar-refractivity contribution in [2.24, 2.45) is 4.99 Å². The van der Waals surface area contributed by atoms with Crippen molar-refractivity contribution >= 4 is 18.1 Å². The van der Waals surface area contributed by atoms with Crippen molar-refractivity contribution in [3.8, 4) is 0 Å². The molecule has 31 heavy (non-hydrogen) atoms. The zero-order chi connectivity index (χ0) is 23.5. The van der Waals surface area contributed by atoms with Crippen molar-refractivity contribution in [2.45, 2.75) is 72.0 Å². The van der Waals surface area contributed by atoms with Crippen molar-refractivity contribution in [2.75, 3.05) is 13.2 Å². The Labute approximate surface area is 184 Å². The summed E-state index contributed by atoms with van der Waals surface area (Å²) in [6.45, 7) is 10.8.